The predicted octanol–water partition coefficient (Wildman–Crippen LogP) is 4.35. The van der Waals surface area contributed by atoms with E-state index in [2.05, 4.69) is 0 Å². The number of benzene rings is 3. The van der Waals surface area contributed by atoms with Gasteiger partial charge in [0.1, 0.15) is 11.6 Å². The summed E-state index contributed by atoms with van der Waals surface area (Å²) in [5.41, 5.74) is 1.43. The SMILES string of the molecule is O=C(OCC(=O)N(Cc1ccccc1)Cc1ccccc1)c1ccc(F)cc1F. The van der Waals surface area contributed by atoms with Gasteiger partial charge in [-0.2, -0.15) is 0 Å². The van der Waals surface area contributed by atoms with Gasteiger partial charge in [-0.15, -0.1) is 0 Å². The molecule has 4 nitrogen and oxygen atoms in total. The fourth-order valence-corrected chi connectivity index (χ4v) is 2.79. The summed E-state index contributed by atoms with van der Waals surface area (Å²) in [5.74, 6) is -3.27. The van der Waals surface area contributed by atoms with Crippen molar-refractivity contribution in [1.29, 1.82) is 0 Å². The van der Waals surface area contributed by atoms with Crippen LogP contribution in [0.1, 0.15) is 21.5 Å². The molecule has 3 aromatic rings. The van der Waals surface area contributed by atoms with Gasteiger partial charge in [0.05, 0.1) is 5.56 Å². The quantitative estimate of drug-likeness (QED) is 0.559. The molecule has 3 rings (SSSR count). The molecule has 29 heavy (non-hydrogen) atoms. The van der Waals surface area contributed by atoms with Crippen molar-refractivity contribution in [1.82, 2.24) is 4.90 Å². The minimum absolute atomic E-state index is 0.330. The summed E-state index contributed by atoms with van der Waals surface area (Å²) < 4.78 is 31.7. The number of ether oxygens (including phenoxy) is 1. The Kier molecular flexibility index (Phi) is 6.68. The van der Waals surface area contributed by atoms with Crippen molar-refractivity contribution in [2.24, 2.45) is 0 Å². The van der Waals surface area contributed by atoms with E-state index in [1.165, 1.54) is 0 Å². The van der Waals surface area contributed by atoms with Crippen molar-refractivity contribution in [3.8, 4) is 0 Å². The lowest BCUT2D eigenvalue weighted by Crippen LogP contribution is -2.34. The fraction of sp³-hybridized carbons (Fsp3) is 0.130. The van der Waals surface area contributed by atoms with Crippen LogP contribution in [-0.2, 0) is 22.6 Å². The van der Waals surface area contributed by atoms with Crippen molar-refractivity contribution in [3.05, 3.63) is 107 Å². The van der Waals surface area contributed by atoms with Crippen LogP contribution in [0.4, 0.5) is 8.78 Å². The van der Waals surface area contributed by atoms with Crippen LogP contribution in [0.5, 0.6) is 0 Å². The second-order valence-corrected chi connectivity index (χ2v) is 6.42. The van der Waals surface area contributed by atoms with Gasteiger partial charge in [-0.3, -0.25) is 4.79 Å². The first kappa shape index (κ1) is 20.2. The predicted molar refractivity (Wildman–Crippen MR) is 104 cm³/mol. The standard InChI is InChI=1S/C23H19F2NO3/c24-19-11-12-20(21(25)13-19)23(28)29-16-22(27)26(14-17-7-3-1-4-8-17)15-18-9-5-2-6-10-18/h1-13H,14-16H2. The van der Waals surface area contributed by atoms with E-state index in [1.807, 2.05) is 60.7 Å². The van der Waals surface area contributed by atoms with E-state index in [4.69, 9.17) is 4.74 Å². The van der Waals surface area contributed by atoms with Crippen LogP contribution in [0.2, 0.25) is 0 Å². The zero-order valence-corrected chi connectivity index (χ0v) is 15.6. The molecule has 148 valence electrons. The number of nitrogens with zero attached hydrogens (tertiary/aromatic N) is 1. The van der Waals surface area contributed by atoms with Crippen molar-refractivity contribution >= 4 is 11.9 Å². The van der Waals surface area contributed by atoms with E-state index in [-0.39, 0.29) is 0 Å². The highest BCUT2D eigenvalue weighted by Gasteiger charge is 2.19. The summed E-state index contributed by atoms with van der Waals surface area (Å²) in [6.07, 6.45) is 0. The maximum atomic E-state index is 13.7. The minimum Gasteiger partial charge on any atom is -0.452 e. The summed E-state index contributed by atoms with van der Waals surface area (Å²) in [5, 5.41) is 0. The van der Waals surface area contributed by atoms with Crippen LogP contribution in [0.3, 0.4) is 0 Å². The Bertz CT molecular complexity index is 936. The molecule has 0 saturated heterocycles. The second-order valence-electron chi connectivity index (χ2n) is 6.42. The first-order valence-electron chi connectivity index (χ1n) is 9.01. The average molecular weight is 395 g/mol. The molecule has 0 aliphatic heterocycles. The summed E-state index contributed by atoms with van der Waals surface area (Å²) in [4.78, 5) is 26.3. The maximum Gasteiger partial charge on any atom is 0.341 e. The maximum absolute atomic E-state index is 13.7. The van der Waals surface area contributed by atoms with Crippen LogP contribution < -0.4 is 0 Å². The van der Waals surface area contributed by atoms with Gasteiger partial charge in [-0.25, -0.2) is 13.6 Å². The number of carbonyl (C=O) groups is 2. The number of carbonyl (C=O) groups excluding carboxylic acids is 2. The Morgan fingerprint density at radius 1 is 0.793 bits per heavy atom. The molecule has 0 aromatic heterocycles. The molecule has 0 aliphatic carbocycles. The first-order chi connectivity index (χ1) is 14.0. The molecule has 3 aromatic carbocycles. The first-order valence-corrected chi connectivity index (χ1v) is 9.01. The average Bonchev–Trinajstić information content (AvgIpc) is 2.73. The smallest absolute Gasteiger partial charge is 0.341 e. The lowest BCUT2D eigenvalue weighted by Gasteiger charge is -2.23. The molecule has 0 fully saturated rings. The summed E-state index contributed by atoms with van der Waals surface area (Å²) in [6, 6.07) is 21.4. The number of esters is 1. The van der Waals surface area contributed by atoms with E-state index < -0.39 is 35.7 Å². The lowest BCUT2D eigenvalue weighted by atomic mass is 10.1. The summed E-state index contributed by atoms with van der Waals surface area (Å²) in [7, 11) is 0. The highest BCUT2D eigenvalue weighted by molar-refractivity contribution is 5.91. The van der Waals surface area contributed by atoms with Crippen LogP contribution in [0, 0.1) is 11.6 Å². The molecular weight excluding hydrogens is 376 g/mol. The Morgan fingerprint density at radius 2 is 1.34 bits per heavy atom. The topological polar surface area (TPSA) is 46.6 Å². The second kappa shape index (κ2) is 9.59. The number of hydrogen-bond acceptors (Lipinski definition) is 3. The molecule has 0 N–H and O–H groups in total. The molecule has 0 bridgehead atoms. The molecule has 0 unspecified atom stereocenters. The molecule has 0 spiro atoms. The van der Waals surface area contributed by atoms with Gasteiger partial charge >= 0.3 is 5.97 Å². The van der Waals surface area contributed by atoms with Gasteiger partial charge in [0.25, 0.3) is 5.91 Å². The number of amides is 1. The molecule has 0 radical (unpaired) electrons. The normalized spacial score (nSPS) is 10.4. The largest absolute Gasteiger partial charge is 0.452 e. The Balaban J connectivity index is 1.69. The van der Waals surface area contributed by atoms with Gasteiger partial charge in [-0.05, 0) is 23.3 Å². The van der Waals surface area contributed by atoms with Gasteiger partial charge in [0, 0.05) is 19.2 Å². The highest BCUT2D eigenvalue weighted by atomic mass is 19.1. The zero-order chi connectivity index (χ0) is 20.6. The molecule has 1 amide bonds. The lowest BCUT2D eigenvalue weighted by molar-refractivity contribution is -0.135. The van der Waals surface area contributed by atoms with Gasteiger partial charge in [-0.1, -0.05) is 60.7 Å². The van der Waals surface area contributed by atoms with Crippen molar-refractivity contribution < 1.29 is 23.1 Å². The van der Waals surface area contributed by atoms with E-state index in [0.29, 0.717) is 19.2 Å². The third-order valence-corrected chi connectivity index (χ3v) is 4.26. The number of halogens is 2. The molecule has 6 heteroatoms. The van der Waals surface area contributed by atoms with Crippen molar-refractivity contribution in [2.45, 2.75) is 13.1 Å². The number of hydrogen-bond donors (Lipinski definition) is 0. The minimum atomic E-state index is -1.03. The Hall–Kier alpha value is -3.54. The van der Waals surface area contributed by atoms with Crippen LogP contribution in [0.15, 0.2) is 78.9 Å². The zero-order valence-electron chi connectivity index (χ0n) is 15.6. The Morgan fingerprint density at radius 3 is 1.86 bits per heavy atom. The van der Waals surface area contributed by atoms with Crippen LogP contribution in [0.25, 0.3) is 0 Å². The molecule has 0 atom stereocenters. The van der Waals surface area contributed by atoms with E-state index >= 15 is 0 Å². The van der Waals surface area contributed by atoms with E-state index in [9.17, 15) is 18.4 Å². The number of rotatable bonds is 7. The van der Waals surface area contributed by atoms with E-state index in [0.717, 1.165) is 23.3 Å². The highest BCUT2D eigenvalue weighted by Crippen LogP contribution is 2.13. The van der Waals surface area contributed by atoms with Crippen LogP contribution >= 0.6 is 0 Å². The molecule has 0 saturated carbocycles. The Labute approximate surface area is 167 Å². The van der Waals surface area contributed by atoms with Crippen molar-refractivity contribution in [2.75, 3.05) is 6.61 Å². The summed E-state index contributed by atoms with van der Waals surface area (Å²) >= 11 is 0. The monoisotopic (exact) mass is 395 g/mol. The summed E-state index contributed by atoms with van der Waals surface area (Å²) in [6.45, 7) is 0.114. The third kappa shape index (κ3) is 5.72. The van der Waals surface area contributed by atoms with Gasteiger partial charge in [0.15, 0.2) is 6.61 Å². The van der Waals surface area contributed by atoms with Gasteiger partial charge in [0.2, 0.25) is 0 Å². The molecular formula is C23H19F2NO3. The van der Waals surface area contributed by atoms with Crippen LogP contribution in [-0.4, -0.2) is 23.4 Å². The van der Waals surface area contributed by atoms with Crippen molar-refractivity contribution in [3.63, 3.8) is 0 Å². The van der Waals surface area contributed by atoms with Gasteiger partial charge < -0.3 is 9.64 Å². The molecule has 0 aliphatic rings. The fourth-order valence-electron chi connectivity index (χ4n) is 2.79. The molecule has 0 heterocycles. The third-order valence-electron chi connectivity index (χ3n) is 4.26. The van der Waals surface area contributed by atoms with E-state index in [1.54, 1.807) is 4.90 Å².